The molecule has 0 radical (unpaired) electrons. The van der Waals surface area contributed by atoms with E-state index in [9.17, 15) is 4.79 Å². The molecule has 1 aliphatic heterocycles. The predicted molar refractivity (Wildman–Crippen MR) is 119 cm³/mol. The lowest BCUT2D eigenvalue weighted by molar-refractivity contribution is 0.102. The van der Waals surface area contributed by atoms with Crippen LogP contribution >= 0.6 is 11.3 Å². The van der Waals surface area contributed by atoms with Crippen molar-refractivity contribution < 1.29 is 19.0 Å². The minimum Gasteiger partial charge on any atom is -0.493 e. The van der Waals surface area contributed by atoms with Crippen molar-refractivity contribution in [1.82, 2.24) is 15.2 Å². The van der Waals surface area contributed by atoms with Crippen LogP contribution < -0.4 is 19.5 Å². The number of anilines is 1. The molecule has 1 N–H and O–H groups in total. The summed E-state index contributed by atoms with van der Waals surface area (Å²) in [5.41, 5.74) is 2.29. The summed E-state index contributed by atoms with van der Waals surface area (Å²) in [5, 5.41) is 12.1. The zero-order chi connectivity index (χ0) is 21.9. The summed E-state index contributed by atoms with van der Waals surface area (Å²) in [6, 6.07) is 16.5. The van der Waals surface area contributed by atoms with E-state index in [-0.39, 0.29) is 12.0 Å². The second-order valence-electron chi connectivity index (χ2n) is 6.92. The van der Waals surface area contributed by atoms with Gasteiger partial charge in [-0.1, -0.05) is 29.5 Å². The molecular weight excluding hydrogens is 428 g/mol. The largest absolute Gasteiger partial charge is 0.493 e. The monoisotopic (exact) mass is 446 g/mol. The maximum atomic E-state index is 12.7. The number of para-hydroxylation sites is 1. The number of hydrogen-bond donors (Lipinski definition) is 1. The number of nitrogens with one attached hydrogen (secondary N) is 1. The first-order chi connectivity index (χ1) is 15.7. The maximum absolute atomic E-state index is 12.7. The molecule has 1 amide bonds. The van der Waals surface area contributed by atoms with Crippen LogP contribution in [0.5, 0.6) is 17.2 Å². The highest BCUT2D eigenvalue weighted by molar-refractivity contribution is 7.18. The van der Waals surface area contributed by atoms with Gasteiger partial charge < -0.3 is 14.2 Å². The van der Waals surface area contributed by atoms with Gasteiger partial charge in [0.05, 0.1) is 7.11 Å². The molecule has 1 unspecified atom stereocenters. The van der Waals surface area contributed by atoms with Crippen molar-refractivity contribution in [3.63, 3.8) is 0 Å². The van der Waals surface area contributed by atoms with Crippen molar-refractivity contribution in [2.75, 3.05) is 19.0 Å². The van der Waals surface area contributed by atoms with Gasteiger partial charge >= 0.3 is 0 Å². The lowest BCUT2D eigenvalue weighted by Crippen LogP contribution is -2.13. The molecule has 32 heavy (non-hydrogen) atoms. The van der Waals surface area contributed by atoms with Crippen LogP contribution in [-0.4, -0.2) is 34.8 Å². The van der Waals surface area contributed by atoms with Gasteiger partial charge in [-0.2, -0.15) is 0 Å². The van der Waals surface area contributed by atoms with Crippen molar-refractivity contribution in [2.45, 2.75) is 6.10 Å². The second-order valence-corrected chi connectivity index (χ2v) is 7.90. The SMILES string of the molecule is COc1cc(C(=O)Nc2nnc(-c3ccncc3)s2)ccc1OC1COc2ccccc21. The molecule has 4 aromatic rings. The van der Waals surface area contributed by atoms with E-state index < -0.39 is 0 Å². The minimum absolute atomic E-state index is 0.243. The standard InChI is InChI=1S/C23H18N4O4S/c1-29-19-12-15(6-7-18(19)31-20-13-30-17-5-3-2-4-16(17)20)21(28)25-23-27-26-22(32-23)14-8-10-24-11-9-14/h2-12,20H,13H2,1H3,(H,25,27,28). The van der Waals surface area contributed by atoms with E-state index in [2.05, 4.69) is 20.5 Å². The van der Waals surface area contributed by atoms with Crippen LogP contribution in [0.25, 0.3) is 10.6 Å². The van der Waals surface area contributed by atoms with Crippen LogP contribution in [0.2, 0.25) is 0 Å². The molecule has 0 fully saturated rings. The molecule has 5 rings (SSSR count). The fraction of sp³-hybridized carbons (Fsp3) is 0.130. The Kier molecular flexibility index (Phi) is 5.39. The van der Waals surface area contributed by atoms with Crippen LogP contribution in [0.4, 0.5) is 5.13 Å². The van der Waals surface area contributed by atoms with E-state index in [1.807, 2.05) is 36.4 Å². The molecule has 1 aliphatic rings. The van der Waals surface area contributed by atoms with Gasteiger partial charge in [0.15, 0.2) is 17.6 Å². The number of carbonyl (C=O) groups excluding carboxylic acids is 1. The molecule has 0 aliphatic carbocycles. The van der Waals surface area contributed by atoms with Crippen molar-refractivity contribution in [1.29, 1.82) is 0 Å². The van der Waals surface area contributed by atoms with Gasteiger partial charge in [0.2, 0.25) is 5.13 Å². The topological polar surface area (TPSA) is 95.5 Å². The quantitative estimate of drug-likeness (QED) is 0.470. The van der Waals surface area contributed by atoms with E-state index in [0.29, 0.717) is 33.8 Å². The fourth-order valence-corrected chi connectivity index (χ4v) is 4.09. The van der Waals surface area contributed by atoms with Crippen molar-refractivity contribution in [3.8, 4) is 27.8 Å². The van der Waals surface area contributed by atoms with Crippen LogP contribution in [0.3, 0.4) is 0 Å². The number of rotatable bonds is 6. The summed E-state index contributed by atoms with van der Waals surface area (Å²) in [5.74, 6) is 1.49. The molecule has 0 spiro atoms. The summed E-state index contributed by atoms with van der Waals surface area (Å²) in [6.07, 6.45) is 3.12. The summed E-state index contributed by atoms with van der Waals surface area (Å²) in [4.78, 5) is 16.7. The van der Waals surface area contributed by atoms with E-state index >= 15 is 0 Å². The van der Waals surface area contributed by atoms with Gasteiger partial charge in [0.25, 0.3) is 5.91 Å². The summed E-state index contributed by atoms with van der Waals surface area (Å²) < 4.78 is 17.3. The van der Waals surface area contributed by atoms with Gasteiger partial charge in [0, 0.05) is 29.1 Å². The van der Waals surface area contributed by atoms with Gasteiger partial charge in [-0.15, -0.1) is 10.2 Å². The number of carbonyl (C=O) groups is 1. The van der Waals surface area contributed by atoms with E-state index in [4.69, 9.17) is 14.2 Å². The third-order valence-corrected chi connectivity index (χ3v) is 5.81. The highest BCUT2D eigenvalue weighted by Gasteiger charge is 2.26. The Morgan fingerprint density at radius 1 is 1.09 bits per heavy atom. The van der Waals surface area contributed by atoms with Crippen molar-refractivity contribution >= 4 is 22.4 Å². The second kappa shape index (κ2) is 8.64. The summed E-state index contributed by atoms with van der Waals surface area (Å²) in [7, 11) is 1.54. The molecule has 0 saturated heterocycles. The molecule has 2 aromatic heterocycles. The Labute approximate surface area is 187 Å². The average molecular weight is 446 g/mol. The summed E-state index contributed by atoms with van der Waals surface area (Å²) >= 11 is 1.29. The normalized spacial score (nSPS) is 14.3. The molecular formula is C23H18N4O4S. The Morgan fingerprint density at radius 3 is 2.78 bits per heavy atom. The van der Waals surface area contributed by atoms with Crippen LogP contribution in [0, 0.1) is 0 Å². The first-order valence-corrected chi connectivity index (χ1v) is 10.6. The maximum Gasteiger partial charge on any atom is 0.257 e. The Bertz CT molecular complexity index is 1260. The number of aromatic nitrogens is 3. The number of methoxy groups -OCH3 is 1. The Morgan fingerprint density at radius 2 is 1.94 bits per heavy atom. The smallest absolute Gasteiger partial charge is 0.257 e. The number of amides is 1. The molecule has 9 heteroatoms. The van der Waals surface area contributed by atoms with E-state index in [1.54, 1.807) is 30.6 Å². The average Bonchev–Trinajstić information content (AvgIpc) is 3.47. The molecule has 0 saturated carbocycles. The first kappa shape index (κ1) is 20.0. The zero-order valence-electron chi connectivity index (χ0n) is 17.0. The number of nitrogens with zero attached hydrogens (tertiary/aromatic N) is 3. The van der Waals surface area contributed by atoms with Gasteiger partial charge in [-0.25, -0.2) is 0 Å². The van der Waals surface area contributed by atoms with Crippen molar-refractivity contribution in [3.05, 3.63) is 78.1 Å². The fourth-order valence-electron chi connectivity index (χ4n) is 3.34. The van der Waals surface area contributed by atoms with Crippen LogP contribution in [0.15, 0.2) is 67.0 Å². The first-order valence-electron chi connectivity index (χ1n) is 9.83. The van der Waals surface area contributed by atoms with Crippen LogP contribution in [-0.2, 0) is 0 Å². The Hall–Kier alpha value is -3.98. The van der Waals surface area contributed by atoms with E-state index in [0.717, 1.165) is 16.9 Å². The lowest BCUT2D eigenvalue weighted by atomic mass is 10.1. The highest BCUT2D eigenvalue weighted by Crippen LogP contribution is 2.38. The molecule has 1 atom stereocenters. The van der Waals surface area contributed by atoms with Gasteiger partial charge in [-0.3, -0.25) is 15.1 Å². The molecule has 0 bridgehead atoms. The third kappa shape index (κ3) is 3.97. The molecule has 3 heterocycles. The lowest BCUT2D eigenvalue weighted by Gasteiger charge is -2.16. The number of hydrogen-bond acceptors (Lipinski definition) is 8. The number of pyridine rings is 1. The number of fused-ring (bicyclic) bond motifs is 1. The minimum atomic E-state index is -0.318. The van der Waals surface area contributed by atoms with Crippen LogP contribution in [0.1, 0.15) is 22.0 Å². The van der Waals surface area contributed by atoms with Crippen molar-refractivity contribution in [2.24, 2.45) is 0 Å². The predicted octanol–water partition coefficient (Wildman–Crippen LogP) is 4.37. The zero-order valence-corrected chi connectivity index (χ0v) is 17.8. The molecule has 8 nitrogen and oxygen atoms in total. The number of benzene rings is 2. The van der Waals surface area contributed by atoms with Gasteiger partial charge in [-0.05, 0) is 36.4 Å². The molecule has 2 aromatic carbocycles. The molecule has 160 valence electrons. The Balaban J connectivity index is 1.31. The van der Waals surface area contributed by atoms with Gasteiger partial charge in [0.1, 0.15) is 17.4 Å². The van der Waals surface area contributed by atoms with E-state index in [1.165, 1.54) is 18.4 Å². The number of ether oxygens (including phenoxy) is 3. The third-order valence-electron chi connectivity index (χ3n) is 4.92. The highest BCUT2D eigenvalue weighted by atomic mass is 32.1. The summed E-state index contributed by atoms with van der Waals surface area (Å²) in [6.45, 7) is 0.418.